The van der Waals surface area contributed by atoms with Crippen molar-refractivity contribution in [1.29, 1.82) is 0 Å². The van der Waals surface area contributed by atoms with Crippen LogP contribution in [0.2, 0.25) is 0 Å². The maximum absolute atomic E-state index is 5.28. The van der Waals surface area contributed by atoms with Crippen LogP contribution in [0.25, 0.3) is 0 Å². The van der Waals surface area contributed by atoms with E-state index in [1.807, 2.05) is 6.20 Å². The molecule has 1 fully saturated rings. The molecule has 0 aliphatic heterocycles. The monoisotopic (exact) mass is 248 g/mol. The molecule has 3 nitrogen and oxygen atoms in total. The average Bonchev–Trinajstić information content (AvgIpc) is 2.82. The third kappa shape index (κ3) is 2.83. The van der Waals surface area contributed by atoms with E-state index in [1.165, 1.54) is 24.8 Å². The van der Waals surface area contributed by atoms with Crippen molar-refractivity contribution in [2.45, 2.75) is 39.2 Å². The van der Waals surface area contributed by atoms with Gasteiger partial charge in [-0.15, -0.1) is 0 Å². The highest BCUT2D eigenvalue weighted by Crippen LogP contribution is 2.40. The van der Waals surface area contributed by atoms with Crippen LogP contribution in [0.3, 0.4) is 0 Å². The fraction of sp³-hybridized carbons (Fsp3) is 0.667. The Morgan fingerprint density at radius 2 is 2.28 bits per heavy atom. The first-order valence-electron chi connectivity index (χ1n) is 6.98. The molecule has 0 spiro atoms. The quantitative estimate of drug-likeness (QED) is 0.869. The number of ether oxygens (including phenoxy) is 1. The lowest BCUT2D eigenvalue weighted by Crippen LogP contribution is -2.29. The Labute approximate surface area is 110 Å². The van der Waals surface area contributed by atoms with Crippen molar-refractivity contribution in [3.63, 3.8) is 0 Å². The lowest BCUT2D eigenvalue weighted by Gasteiger charge is -2.28. The van der Waals surface area contributed by atoms with E-state index in [2.05, 4.69) is 30.2 Å². The van der Waals surface area contributed by atoms with Crippen LogP contribution >= 0.6 is 0 Å². The molecule has 2 rings (SSSR count). The van der Waals surface area contributed by atoms with Gasteiger partial charge >= 0.3 is 0 Å². The largest absolute Gasteiger partial charge is 0.495 e. The van der Waals surface area contributed by atoms with Gasteiger partial charge in [-0.2, -0.15) is 0 Å². The fourth-order valence-corrected chi connectivity index (χ4v) is 3.12. The lowest BCUT2D eigenvalue weighted by molar-refractivity contribution is 0.304. The van der Waals surface area contributed by atoms with Crippen LogP contribution in [0.15, 0.2) is 18.5 Å². The zero-order chi connectivity index (χ0) is 13.0. The minimum Gasteiger partial charge on any atom is -0.495 e. The summed E-state index contributed by atoms with van der Waals surface area (Å²) in [5, 5.41) is 3.63. The van der Waals surface area contributed by atoms with Crippen LogP contribution in [0, 0.1) is 11.8 Å². The number of hydrogen-bond donors (Lipinski definition) is 1. The van der Waals surface area contributed by atoms with Crippen LogP contribution < -0.4 is 10.1 Å². The van der Waals surface area contributed by atoms with Gasteiger partial charge < -0.3 is 10.1 Å². The van der Waals surface area contributed by atoms with Crippen LogP contribution in [-0.2, 0) is 0 Å². The normalized spacial score (nSPS) is 25.1. The molecular formula is C15H24N2O. The third-order valence-electron chi connectivity index (χ3n) is 4.11. The Morgan fingerprint density at radius 1 is 1.44 bits per heavy atom. The van der Waals surface area contributed by atoms with Crippen molar-refractivity contribution in [1.82, 2.24) is 10.3 Å². The molecule has 0 bridgehead atoms. The van der Waals surface area contributed by atoms with E-state index in [-0.39, 0.29) is 0 Å². The van der Waals surface area contributed by atoms with Crippen molar-refractivity contribution in [3.05, 3.63) is 24.0 Å². The lowest BCUT2D eigenvalue weighted by atomic mass is 9.86. The van der Waals surface area contributed by atoms with Crippen LogP contribution in [0.1, 0.15) is 44.7 Å². The summed E-state index contributed by atoms with van der Waals surface area (Å²) in [7, 11) is 1.70. The molecule has 1 heterocycles. The first kappa shape index (κ1) is 13.3. The Bertz CT molecular complexity index is 381. The van der Waals surface area contributed by atoms with Gasteiger partial charge in [-0.1, -0.05) is 26.7 Å². The van der Waals surface area contributed by atoms with Crippen LogP contribution in [0.5, 0.6) is 5.75 Å². The predicted octanol–water partition coefficient (Wildman–Crippen LogP) is 3.18. The summed E-state index contributed by atoms with van der Waals surface area (Å²) < 4.78 is 5.28. The zero-order valence-electron chi connectivity index (χ0n) is 11.6. The minimum atomic E-state index is 0.412. The van der Waals surface area contributed by atoms with Gasteiger partial charge in [0.15, 0.2) is 0 Å². The number of aromatic nitrogens is 1. The summed E-state index contributed by atoms with van der Waals surface area (Å²) in [5.41, 5.74) is 1.26. The Morgan fingerprint density at radius 3 is 2.89 bits per heavy atom. The molecule has 0 aromatic carbocycles. The molecule has 0 amide bonds. The molecule has 1 N–H and O–H groups in total. The van der Waals surface area contributed by atoms with E-state index in [0.717, 1.165) is 24.1 Å². The van der Waals surface area contributed by atoms with Crippen molar-refractivity contribution in [3.8, 4) is 5.75 Å². The summed E-state index contributed by atoms with van der Waals surface area (Å²) >= 11 is 0. The first-order valence-corrected chi connectivity index (χ1v) is 6.98. The number of nitrogens with one attached hydrogen (secondary N) is 1. The van der Waals surface area contributed by atoms with Gasteiger partial charge in [0, 0.05) is 12.2 Å². The van der Waals surface area contributed by atoms with Crippen molar-refractivity contribution in [2.24, 2.45) is 11.8 Å². The summed E-state index contributed by atoms with van der Waals surface area (Å²) in [6, 6.07) is 2.53. The highest BCUT2D eigenvalue weighted by Gasteiger charge is 2.31. The molecule has 1 aromatic rings. The van der Waals surface area contributed by atoms with Gasteiger partial charge in [0.2, 0.25) is 0 Å². The summed E-state index contributed by atoms with van der Waals surface area (Å²) in [4.78, 5) is 4.29. The Kier molecular flexibility index (Phi) is 4.59. The van der Waals surface area contributed by atoms with Gasteiger partial charge in [-0.3, -0.25) is 4.98 Å². The molecule has 1 aliphatic carbocycles. The maximum atomic E-state index is 5.28. The molecule has 3 atom stereocenters. The van der Waals surface area contributed by atoms with E-state index >= 15 is 0 Å². The molecule has 1 aromatic heterocycles. The van der Waals surface area contributed by atoms with Crippen LogP contribution in [0.4, 0.5) is 0 Å². The number of hydrogen-bond acceptors (Lipinski definition) is 3. The van der Waals surface area contributed by atoms with Gasteiger partial charge in [-0.05, 0) is 36.4 Å². The summed E-state index contributed by atoms with van der Waals surface area (Å²) in [5.74, 6) is 2.36. The number of nitrogens with zero attached hydrogens (tertiary/aromatic N) is 1. The molecular weight excluding hydrogens is 224 g/mol. The minimum absolute atomic E-state index is 0.412. The SMILES string of the molecule is CCNC(c1cncc(OC)c1)C1CCCC1C. The van der Waals surface area contributed by atoms with Crippen molar-refractivity contribution >= 4 is 0 Å². The van der Waals surface area contributed by atoms with E-state index in [4.69, 9.17) is 4.74 Å². The number of methoxy groups -OCH3 is 1. The highest BCUT2D eigenvalue weighted by atomic mass is 16.5. The van der Waals surface area contributed by atoms with E-state index in [9.17, 15) is 0 Å². The van der Waals surface area contributed by atoms with Crippen molar-refractivity contribution in [2.75, 3.05) is 13.7 Å². The second kappa shape index (κ2) is 6.19. The number of rotatable bonds is 5. The molecule has 1 saturated carbocycles. The van der Waals surface area contributed by atoms with E-state index < -0.39 is 0 Å². The maximum Gasteiger partial charge on any atom is 0.137 e. The van der Waals surface area contributed by atoms with Crippen LogP contribution in [-0.4, -0.2) is 18.6 Å². The second-order valence-electron chi connectivity index (χ2n) is 5.27. The second-order valence-corrected chi connectivity index (χ2v) is 5.27. The predicted molar refractivity (Wildman–Crippen MR) is 73.7 cm³/mol. The van der Waals surface area contributed by atoms with Gasteiger partial charge in [0.1, 0.15) is 5.75 Å². The molecule has 0 saturated heterocycles. The summed E-state index contributed by atoms with van der Waals surface area (Å²) in [6.07, 6.45) is 7.76. The van der Waals surface area contributed by atoms with Gasteiger partial charge in [0.25, 0.3) is 0 Å². The fourth-order valence-electron chi connectivity index (χ4n) is 3.12. The van der Waals surface area contributed by atoms with Gasteiger partial charge in [0.05, 0.1) is 13.3 Å². The zero-order valence-corrected chi connectivity index (χ0v) is 11.6. The van der Waals surface area contributed by atoms with Gasteiger partial charge in [-0.25, -0.2) is 0 Å². The average molecular weight is 248 g/mol. The molecule has 3 unspecified atom stereocenters. The summed E-state index contributed by atoms with van der Waals surface area (Å²) in [6.45, 7) is 5.53. The third-order valence-corrected chi connectivity index (χ3v) is 4.11. The number of pyridine rings is 1. The molecule has 3 heteroatoms. The van der Waals surface area contributed by atoms with E-state index in [1.54, 1.807) is 13.3 Å². The Balaban J connectivity index is 2.22. The molecule has 100 valence electrons. The molecule has 0 radical (unpaired) electrons. The molecule has 1 aliphatic rings. The standard InChI is InChI=1S/C15H24N2O/c1-4-17-15(14-7-5-6-11(14)2)12-8-13(18-3)10-16-9-12/h8-11,14-15,17H,4-7H2,1-3H3. The smallest absolute Gasteiger partial charge is 0.137 e. The Hall–Kier alpha value is -1.09. The topological polar surface area (TPSA) is 34.2 Å². The molecule has 18 heavy (non-hydrogen) atoms. The highest BCUT2D eigenvalue weighted by molar-refractivity contribution is 5.26. The first-order chi connectivity index (χ1) is 8.76. The van der Waals surface area contributed by atoms with Crippen molar-refractivity contribution < 1.29 is 4.74 Å². The van der Waals surface area contributed by atoms with E-state index in [0.29, 0.717) is 6.04 Å².